The minimum Gasteiger partial charge on any atom is -0.393 e. The molecule has 0 aromatic rings. The minimum atomic E-state index is -0.452. The third-order valence-corrected chi connectivity index (χ3v) is 8.87. The van der Waals surface area contributed by atoms with E-state index in [0.717, 1.165) is 37.5 Å². The zero-order chi connectivity index (χ0) is 15.8. The topological polar surface area (TPSA) is 40.5 Å². The number of aliphatic hydroxyl groups excluding tert-OH is 1. The van der Waals surface area contributed by atoms with E-state index in [-0.39, 0.29) is 11.5 Å². The van der Waals surface area contributed by atoms with E-state index in [1.165, 1.54) is 32.1 Å². The first-order chi connectivity index (χ1) is 10.3. The second kappa shape index (κ2) is 4.72. The van der Waals surface area contributed by atoms with Crippen LogP contribution in [0.25, 0.3) is 0 Å². The maximum Gasteiger partial charge on any atom is 0.0622 e. The number of hydrogen-bond donors (Lipinski definition) is 2. The van der Waals surface area contributed by atoms with E-state index < -0.39 is 5.60 Å². The Hall–Kier alpha value is -0.0800. The van der Waals surface area contributed by atoms with Gasteiger partial charge in [0, 0.05) is 0 Å². The van der Waals surface area contributed by atoms with Gasteiger partial charge in [-0.2, -0.15) is 0 Å². The molecular formula is C20H34O2. The van der Waals surface area contributed by atoms with Gasteiger partial charge in [-0.25, -0.2) is 0 Å². The SMILES string of the molecule is C[C@@]1(O)CC[C@@]2(C)[C@@H](CC[C@@H]3[C@@H]2C[C@@H](O)[C@]2(C)CCC[C@@H]32)C1. The first kappa shape index (κ1) is 15.4. The van der Waals surface area contributed by atoms with Crippen molar-refractivity contribution in [1.82, 2.24) is 0 Å². The molecule has 4 aliphatic rings. The first-order valence-electron chi connectivity index (χ1n) is 9.67. The van der Waals surface area contributed by atoms with Crippen LogP contribution < -0.4 is 0 Å². The highest BCUT2D eigenvalue weighted by Gasteiger charge is 2.61. The molecule has 4 fully saturated rings. The molecule has 0 heterocycles. The average Bonchev–Trinajstić information content (AvgIpc) is 2.84. The van der Waals surface area contributed by atoms with Crippen LogP contribution in [0.15, 0.2) is 0 Å². The highest BCUT2D eigenvalue weighted by atomic mass is 16.3. The van der Waals surface area contributed by atoms with Crippen molar-refractivity contribution in [1.29, 1.82) is 0 Å². The van der Waals surface area contributed by atoms with Gasteiger partial charge in [0.25, 0.3) is 0 Å². The molecule has 4 saturated carbocycles. The molecule has 0 bridgehead atoms. The highest BCUT2D eigenvalue weighted by Crippen LogP contribution is 2.66. The minimum absolute atomic E-state index is 0.0979. The Balaban J connectivity index is 1.65. The predicted octanol–water partition coefficient (Wildman–Crippen LogP) is 4.14. The van der Waals surface area contributed by atoms with E-state index in [4.69, 9.17) is 0 Å². The van der Waals surface area contributed by atoms with Gasteiger partial charge in [-0.15, -0.1) is 0 Å². The van der Waals surface area contributed by atoms with Crippen LogP contribution in [0.2, 0.25) is 0 Å². The van der Waals surface area contributed by atoms with Gasteiger partial charge < -0.3 is 10.2 Å². The summed E-state index contributed by atoms with van der Waals surface area (Å²) >= 11 is 0. The van der Waals surface area contributed by atoms with Gasteiger partial charge in [-0.3, -0.25) is 0 Å². The average molecular weight is 306 g/mol. The van der Waals surface area contributed by atoms with Crippen LogP contribution in [0.1, 0.15) is 78.6 Å². The predicted molar refractivity (Wildman–Crippen MR) is 88.4 cm³/mol. The molecule has 2 nitrogen and oxygen atoms in total. The van der Waals surface area contributed by atoms with Crippen molar-refractivity contribution in [2.24, 2.45) is 34.5 Å². The van der Waals surface area contributed by atoms with Crippen LogP contribution in [0.3, 0.4) is 0 Å². The molecule has 8 atom stereocenters. The van der Waals surface area contributed by atoms with Gasteiger partial charge in [0.05, 0.1) is 11.7 Å². The molecule has 0 unspecified atom stereocenters. The van der Waals surface area contributed by atoms with Crippen LogP contribution in [0, 0.1) is 34.5 Å². The fraction of sp³-hybridized carbons (Fsp3) is 1.00. The normalized spacial score (nSPS) is 61.2. The molecule has 2 heteroatoms. The van der Waals surface area contributed by atoms with Crippen LogP contribution in [-0.2, 0) is 0 Å². The first-order valence-corrected chi connectivity index (χ1v) is 9.67. The largest absolute Gasteiger partial charge is 0.393 e. The maximum absolute atomic E-state index is 10.9. The number of aliphatic hydroxyl groups is 2. The molecule has 4 rings (SSSR count). The Kier molecular flexibility index (Phi) is 3.32. The summed E-state index contributed by atoms with van der Waals surface area (Å²) in [4.78, 5) is 0. The van der Waals surface area contributed by atoms with Crippen molar-refractivity contribution < 1.29 is 10.2 Å². The molecular weight excluding hydrogens is 272 g/mol. The van der Waals surface area contributed by atoms with Crippen LogP contribution in [-0.4, -0.2) is 21.9 Å². The molecule has 0 radical (unpaired) electrons. The lowest BCUT2D eigenvalue weighted by Crippen LogP contribution is -2.58. The van der Waals surface area contributed by atoms with Gasteiger partial charge in [0.1, 0.15) is 0 Å². The van der Waals surface area contributed by atoms with Crippen molar-refractivity contribution in [3.8, 4) is 0 Å². The lowest BCUT2D eigenvalue weighted by Gasteiger charge is -2.62. The summed E-state index contributed by atoms with van der Waals surface area (Å²) in [6.07, 6.45) is 10.5. The second-order valence-electron chi connectivity index (χ2n) is 10.0. The summed E-state index contributed by atoms with van der Waals surface area (Å²) in [7, 11) is 0. The van der Waals surface area contributed by atoms with Gasteiger partial charge in [-0.1, -0.05) is 20.3 Å². The third kappa shape index (κ3) is 1.99. The van der Waals surface area contributed by atoms with Crippen molar-refractivity contribution in [3.05, 3.63) is 0 Å². The third-order valence-electron chi connectivity index (χ3n) is 8.87. The molecule has 22 heavy (non-hydrogen) atoms. The van der Waals surface area contributed by atoms with E-state index in [1.54, 1.807) is 0 Å². The molecule has 0 saturated heterocycles. The smallest absolute Gasteiger partial charge is 0.0622 e. The highest BCUT2D eigenvalue weighted by molar-refractivity contribution is 5.10. The van der Waals surface area contributed by atoms with Crippen molar-refractivity contribution in [3.63, 3.8) is 0 Å². The summed E-state index contributed by atoms with van der Waals surface area (Å²) in [5.74, 6) is 2.94. The molecule has 0 aromatic carbocycles. The van der Waals surface area contributed by atoms with E-state index >= 15 is 0 Å². The molecule has 0 aromatic heterocycles. The summed E-state index contributed by atoms with van der Waals surface area (Å²) in [6.45, 7) is 6.89. The van der Waals surface area contributed by atoms with Crippen LogP contribution in [0.5, 0.6) is 0 Å². The Morgan fingerprint density at radius 2 is 1.64 bits per heavy atom. The Labute approximate surface area is 135 Å². The van der Waals surface area contributed by atoms with Crippen molar-refractivity contribution in [2.75, 3.05) is 0 Å². The maximum atomic E-state index is 10.9. The summed E-state index contributed by atoms with van der Waals surface area (Å²) in [6, 6.07) is 0. The van der Waals surface area contributed by atoms with Crippen LogP contribution >= 0.6 is 0 Å². The van der Waals surface area contributed by atoms with E-state index in [0.29, 0.717) is 17.3 Å². The summed E-state index contributed by atoms with van der Waals surface area (Å²) in [5.41, 5.74) is 0.104. The Morgan fingerprint density at radius 3 is 2.41 bits per heavy atom. The Bertz CT molecular complexity index is 459. The molecule has 2 N–H and O–H groups in total. The summed E-state index contributed by atoms with van der Waals surface area (Å²) in [5, 5.41) is 21.5. The van der Waals surface area contributed by atoms with E-state index in [2.05, 4.69) is 13.8 Å². The number of rotatable bonds is 0. The monoisotopic (exact) mass is 306 g/mol. The fourth-order valence-electron chi connectivity index (χ4n) is 7.38. The molecule has 0 spiro atoms. The van der Waals surface area contributed by atoms with Crippen molar-refractivity contribution >= 4 is 0 Å². The van der Waals surface area contributed by atoms with Gasteiger partial charge in [0.2, 0.25) is 0 Å². The molecule has 0 aliphatic heterocycles. The zero-order valence-corrected chi connectivity index (χ0v) is 14.6. The molecule has 0 amide bonds. The van der Waals surface area contributed by atoms with Gasteiger partial charge in [-0.05, 0) is 92.8 Å². The number of fused-ring (bicyclic) bond motifs is 5. The van der Waals surface area contributed by atoms with E-state index in [1.807, 2.05) is 6.92 Å². The van der Waals surface area contributed by atoms with Gasteiger partial charge >= 0.3 is 0 Å². The summed E-state index contributed by atoms with van der Waals surface area (Å²) < 4.78 is 0. The second-order valence-corrected chi connectivity index (χ2v) is 10.0. The van der Waals surface area contributed by atoms with E-state index in [9.17, 15) is 10.2 Å². The quantitative estimate of drug-likeness (QED) is 0.706. The fourth-order valence-corrected chi connectivity index (χ4v) is 7.38. The molecule has 126 valence electrons. The lowest BCUT2D eigenvalue weighted by molar-refractivity contribution is -0.172. The van der Waals surface area contributed by atoms with Gasteiger partial charge in [0.15, 0.2) is 0 Å². The number of hydrogen-bond acceptors (Lipinski definition) is 2. The van der Waals surface area contributed by atoms with Crippen molar-refractivity contribution in [2.45, 2.75) is 90.3 Å². The lowest BCUT2D eigenvalue weighted by atomic mass is 9.44. The molecule has 4 aliphatic carbocycles. The van der Waals surface area contributed by atoms with Crippen LogP contribution in [0.4, 0.5) is 0 Å². The zero-order valence-electron chi connectivity index (χ0n) is 14.6. The Morgan fingerprint density at radius 1 is 0.864 bits per heavy atom. The standard InChI is InChI=1S/C20H34O2/c1-18(22)9-10-19(2)13(12-18)6-7-14-15-5-4-8-20(15,3)17(21)11-16(14)19/h13-17,21-22H,4-12H2,1-3H3/t13-,14-,15-,16-,17+,18+,19-,20+/m0/s1.